The Balaban J connectivity index is 1.77. The van der Waals surface area contributed by atoms with Crippen molar-refractivity contribution in [3.63, 3.8) is 0 Å². The van der Waals surface area contributed by atoms with E-state index < -0.39 is 47.3 Å². The van der Waals surface area contributed by atoms with Crippen LogP contribution in [0.15, 0.2) is 54.6 Å². The zero-order valence-corrected chi connectivity index (χ0v) is 38.1. The molecular formula is C49H63ClN6O8. The Morgan fingerprint density at radius 3 is 2.17 bits per heavy atom. The van der Waals surface area contributed by atoms with E-state index in [1.54, 1.807) is 43.3 Å². The van der Waals surface area contributed by atoms with Gasteiger partial charge >= 0.3 is 0 Å². The van der Waals surface area contributed by atoms with Crippen LogP contribution in [-0.4, -0.2) is 85.8 Å². The topological polar surface area (TPSA) is 238 Å². The van der Waals surface area contributed by atoms with Crippen molar-refractivity contribution in [1.29, 1.82) is 5.26 Å². The van der Waals surface area contributed by atoms with Gasteiger partial charge < -0.3 is 36.9 Å². The molecule has 0 spiro atoms. The third kappa shape index (κ3) is 14.0. The molecule has 3 aromatic rings. The number of Topliss-reactive ketones (excluding diaryl/α,β-unsaturated/α-hetero) is 4. The molecule has 0 aliphatic carbocycles. The smallest absolute Gasteiger partial charge is 0.226 e. The number of rotatable bonds is 23. The number of nitriles is 1. The number of halogens is 1. The van der Waals surface area contributed by atoms with E-state index in [9.17, 15) is 34.0 Å². The zero-order chi connectivity index (χ0) is 46.8. The Morgan fingerprint density at radius 2 is 1.53 bits per heavy atom. The van der Waals surface area contributed by atoms with E-state index in [0.717, 1.165) is 32.1 Å². The number of amides is 2. The van der Waals surface area contributed by atoms with Gasteiger partial charge in [-0.2, -0.15) is 5.26 Å². The molecule has 64 heavy (non-hydrogen) atoms. The summed E-state index contributed by atoms with van der Waals surface area (Å²) >= 11 is 6.61. The van der Waals surface area contributed by atoms with Crippen LogP contribution in [0.25, 0.3) is 11.1 Å². The first kappa shape index (κ1) is 51.2. The predicted molar refractivity (Wildman–Crippen MR) is 246 cm³/mol. The normalized spacial score (nSPS) is 16.8. The Labute approximate surface area is 381 Å². The van der Waals surface area contributed by atoms with Crippen LogP contribution in [-0.2, 0) is 25.6 Å². The fraction of sp³-hybridized carbons (Fsp3) is 0.490. The minimum Gasteiger partial charge on any atom is -0.492 e. The molecule has 15 heteroatoms. The quantitative estimate of drug-likeness (QED) is 0.0592. The largest absolute Gasteiger partial charge is 0.492 e. The number of nitrogens with zero attached hydrogens (tertiary/aromatic N) is 2. The average molecular weight is 900 g/mol. The molecular weight excluding hydrogens is 836 g/mol. The molecule has 0 radical (unpaired) electrons. The molecule has 4 atom stereocenters. The van der Waals surface area contributed by atoms with Crippen LogP contribution in [0, 0.1) is 23.2 Å². The summed E-state index contributed by atoms with van der Waals surface area (Å²) in [4.78, 5) is 84.6. The van der Waals surface area contributed by atoms with Crippen molar-refractivity contribution in [2.45, 2.75) is 103 Å². The molecule has 3 aromatic carbocycles. The Kier molecular flexibility index (Phi) is 20.6. The molecule has 0 aromatic heterocycles. The van der Waals surface area contributed by atoms with E-state index in [2.05, 4.69) is 12.2 Å². The van der Waals surface area contributed by atoms with Crippen LogP contribution < -0.4 is 32.0 Å². The molecule has 4 bridgehead atoms. The van der Waals surface area contributed by atoms with E-state index in [1.165, 1.54) is 24.1 Å². The van der Waals surface area contributed by atoms with Crippen molar-refractivity contribution in [2.75, 3.05) is 39.9 Å². The summed E-state index contributed by atoms with van der Waals surface area (Å²) in [6.45, 7) is 4.49. The molecule has 344 valence electrons. The van der Waals surface area contributed by atoms with Crippen molar-refractivity contribution in [2.24, 2.45) is 29.0 Å². The number of hydrogen-bond acceptors (Lipinski definition) is 12. The highest BCUT2D eigenvalue weighted by Crippen LogP contribution is 2.41. The van der Waals surface area contributed by atoms with Crippen molar-refractivity contribution in [3.05, 3.63) is 81.9 Å². The van der Waals surface area contributed by atoms with Crippen LogP contribution in [0.4, 0.5) is 0 Å². The highest BCUT2D eigenvalue weighted by Gasteiger charge is 2.36. The van der Waals surface area contributed by atoms with Gasteiger partial charge in [-0.1, -0.05) is 69.3 Å². The first-order valence-electron chi connectivity index (χ1n) is 22.3. The second-order valence-electron chi connectivity index (χ2n) is 16.4. The van der Waals surface area contributed by atoms with Gasteiger partial charge in [0, 0.05) is 86.3 Å². The maximum atomic E-state index is 14.7. The third-order valence-electron chi connectivity index (χ3n) is 11.4. The highest BCUT2D eigenvalue weighted by molar-refractivity contribution is 6.34. The average Bonchev–Trinajstić information content (AvgIpc) is 3.28. The number of benzene rings is 3. The number of carbonyl (C=O) groups is 6. The highest BCUT2D eigenvalue weighted by atomic mass is 35.5. The standard InChI is InChI=1S/C49H63ClN6O8/c1-4-5-6-7-8-10-41(57)33-13-15-36(39(50)29-33)43(59)30-35(18-20-52)49(62)56(3)47-34-14-17-46(64-24-22-54)38(28-34)37-26-32(12-16-45(37)63-23-21-53)27-40(42(58)11-9-19-51)55-48(61)31(2)25-44(47)60/h12-17,26,28-29,31,35,40,47H,4-11,18,20-25,27,30,52-54H2,1-3H3,(H,55,61)/t31-,35-,40+,47+/m1/s1. The Hall–Kier alpha value is -5.46. The van der Waals surface area contributed by atoms with Gasteiger partial charge in [-0.25, -0.2) is 0 Å². The molecule has 1 heterocycles. The molecule has 1 aliphatic heterocycles. The molecule has 4 rings (SSSR count). The number of nitrogens with two attached hydrogens (primary N) is 3. The summed E-state index contributed by atoms with van der Waals surface area (Å²) in [5.41, 5.74) is 20.3. The van der Waals surface area contributed by atoms with E-state index in [0.29, 0.717) is 45.7 Å². The number of fused-ring (bicyclic) bond motifs is 5. The number of unbranched alkanes of at least 4 members (excludes halogenated alkanes) is 4. The maximum absolute atomic E-state index is 14.7. The number of nitrogens with one attached hydrogen (secondary N) is 1. The summed E-state index contributed by atoms with van der Waals surface area (Å²) < 4.78 is 12.2. The number of likely N-dealkylation sites (N-methyl/N-ethyl adjacent to an activating group) is 1. The summed E-state index contributed by atoms with van der Waals surface area (Å²) in [5.74, 6) is -3.48. The van der Waals surface area contributed by atoms with Crippen LogP contribution >= 0.6 is 11.6 Å². The number of hydrogen-bond donors (Lipinski definition) is 4. The molecule has 7 N–H and O–H groups in total. The molecule has 2 amide bonds. The van der Waals surface area contributed by atoms with E-state index in [4.69, 9.17) is 38.3 Å². The SMILES string of the molecule is CCCCCCCC(=O)c1ccc(C(=O)C[C@@H](CCN)C(=O)N(C)[C@@H]2C(=O)C[C@@H](C)C(=O)N[C@H](C(=O)CCC#N)Cc3ccc(OCCN)c(c3)-c3cc2ccc3OCCN)c(Cl)c1. The number of ketones is 4. The lowest BCUT2D eigenvalue weighted by atomic mass is 9.88. The third-order valence-corrected chi connectivity index (χ3v) is 11.7. The molecule has 0 saturated carbocycles. The zero-order valence-electron chi connectivity index (χ0n) is 37.3. The lowest BCUT2D eigenvalue weighted by molar-refractivity contribution is -0.142. The van der Waals surface area contributed by atoms with Gasteiger partial charge in [0.2, 0.25) is 11.8 Å². The van der Waals surface area contributed by atoms with Crippen molar-refractivity contribution >= 4 is 46.5 Å². The van der Waals surface area contributed by atoms with E-state index in [-0.39, 0.29) is 93.5 Å². The van der Waals surface area contributed by atoms with E-state index >= 15 is 0 Å². The second-order valence-corrected chi connectivity index (χ2v) is 16.8. The fourth-order valence-electron chi connectivity index (χ4n) is 7.92. The summed E-state index contributed by atoms with van der Waals surface area (Å²) in [7, 11) is 1.47. The van der Waals surface area contributed by atoms with Crippen molar-refractivity contribution in [3.8, 4) is 28.7 Å². The fourth-order valence-corrected chi connectivity index (χ4v) is 8.21. The Bertz CT molecular complexity index is 2170. The summed E-state index contributed by atoms with van der Waals surface area (Å²) in [5, 5.41) is 12.1. The van der Waals surface area contributed by atoms with Crippen molar-refractivity contribution in [1.82, 2.24) is 10.2 Å². The maximum Gasteiger partial charge on any atom is 0.226 e. The Morgan fingerprint density at radius 1 is 0.859 bits per heavy atom. The molecule has 0 saturated heterocycles. The number of ether oxygens (including phenoxy) is 2. The van der Waals surface area contributed by atoms with Crippen molar-refractivity contribution < 1.29 is 38.2 Å². The van der Waals surface area contributed by atoms with Gasteiger partial charge in [-0.3, -0.25) is 28.8 Å². The van der Waals surface area contributed by atoms with Gasteiger partial charge in [0.15, 0.2) is 23.1 Å². The summed E-state index contributed by atoms with van der Waals surface area (Å²) in [6.07, 6.45) is 4.85. The minimum absolute atomic E-state index is 0.0383. The van der Waals surface area contributed by atoms with Gasteiger partial charge in [0.05, 0.1) is 17.1 Å². The molecule has 0 fully saturated rings. The van der Waals surface area contributed by atoms with Crippen LogP contribution in [0.1, 0.15) is 122 Å². The lowest BCUT2D eigenvalue weighted by Crippen LogP contribution is -2.46. The van der Waals surface area contributed by atoms with Gasteiger partial charge in [0.25, 0.3) is 0 Å². The first-order chi connectivity index (χ1) is 30.8. The van der Waals surface area contributed by atoms with Gasteiger partial charge in [-0.15, -0.1) is 0 Å². The van der Waals surface area contributed by atoms with Gasteiger partial charge in [-0.05, 0) is 73.3 Å². The van der Waals surface area contributed by atoms with Crippen LogP contribution in [0.5, 0.6) is 11.5 Å². The first-order valence-corrected chi connectivity index (χ1v) is 22.6. The second kappa shape index (κ2) is 25.7. The summed E-state index contributed by atoms with van der Waals surface area (Å²) in [6, 6.07) is 14.7. The molecule has 0 unspecified atom stereocenters. The predicted octanol–water partition coefficient (Wildman–Crippen LogP) is 6.47. The van der Waals surface area contributed by atoms with Crippen LogP contribution in [0.2, 0.25) is 5.02 Å². The molecule has 14 nitrogen and oxygen atoms in total. The van der Waals surface area contributed by atoms with E-state index in [1.807, 2.05) is 12.1 Å². The lowest BCUT2D eigenvalue weighted by Gasteiger charge is -2.32. The monoisotopic (exact) mass is 898 g/mol. The van der Waals surface area contributed by atoms with Crippen LogP contribution in [0.3, 0.4) is 0 Å². The molecule has 1 aliphatic rings. The minimum atomic E-state index is -1.26. The van der Waals surface area contributed by atoms with Gasteiger partial charge in [0.1, 0.15) is 30.8 Å². The number of carbonyl (C=O) groups excluding carboxylic acids is 6.